The second-order valence-corrected chi connectivity index (χ2v) is 4.96. The molecule has 4 nitrogen and oxygen atoms in total. The standard InChI is InChI=1S/C12H16ClN3OS/c1-8(12(14)18)16(2)7-11(17)15-10-5-3-4-9(13)6-10/h3-6,8H,7H2,1-2H3,(H2,14,18)(H,15,17). The minimum atomic E-state index is -0.136. The minimum absolute atomic E-state index is 0.120. The molecule has 1 unspecified atom stereocenters. The lowest BCUT2D eigenvalue weighted by Gasteiger charge is -2.22. The lowest BCUT2D eigenvalue weighted by molar-refractivity contribution is -0.117. The molecule has 98 valence electrons. The zero-order valence-corrected chi connectivity index (χ0v) is 11.9. The average Bonchev–Trinajstić information content (AvgIpc) is 2.27. The van der Waals surface area contributed by atoms with E-state index in [-0.39, 0.29) is 18.5 Å². The molecule has 0 radical (unpaired) electrons. The lowest BCUT2D eigenvalue weighted by Crippen LogP contribution is -2.43. The number of nitrogens with two attached hydrogens (primary N) is 1. The number of carbonyl (C=O) groups excluding carboxylic acids is 1. The van der Waals surface area contributed by atoms with Crippen LogP contribution >= 0.6 is 23.8 Å². The van der Waals surface area contributed by atoms with Crippen molar-refractivity contribution in [1.29, 1.82) is 0 Å². The Hall–Kier alpha value is -1.17. The summed E-state index contributed by atoms with van der Waals surface area (Å²) >= 11 is 10.7. The number of anilines is 1. The van der Waals surface area contributed by atoms with Crippen LogP contribution in [0.3, 0.4) is 0 Å². The molecule has 18 heavy (non-hydrogen) atoms. The summed E-state index contributed by atoms with van der Waals surface area (Å²) in [4.78, 5) is 13.9. The normalized spacial score (nSPS) is 12.2. The van der Waals surface area contributed by atoms with E-state index in [2.05, 4.69) is 5.32 Å². The van der Waals surface area contributed by atoms with Crippen molar-refractivity contribution in [2.45, 2.75) is 13.0 Å². The van der Waals surface area contributed by atoms with Crippen molar-refractivity contribution < 1.29 is 4.79 Å². The fraction of sp³-hybridized carbons (Fsp3) is 0.333. The molecule has 0 saturated heterocycles. The average molecular weight is 286 g/mol. The summed E-state index contributed by atoms with van der Waals surface area (Å²) in [6, 6.07) is 6.87. The summed E-state index contributed by atoms with van der Waals surface area (Å²) in [5, 5.41) is 3.34. The maximum Gasteiger partial charge on any atom is 0.238 e. The quantitative estimate of drug-likeness (QED) is 0.811. The lowest BCUT2D eigenvalue weighted by atomic mass is 10.3. The van der Waals surface area contributed by atoms with Gasteiger partial charge < -0.3 is 11.1 Å². The van der Waals surface area contributed by atoms with Crippen LogP contribution in [0, 0.1) is 0 Å². The van der Waals surface area contributed by atoms with E-state index in [1.807, 2.05) is 6.92 Å². The van der Waals surface area contributed by atoms with Gasteiger partial charge in [-0.1, -0.05) is 29.9 Å². The van der Waals surface area contributed by atoms with Crippen LogP contribution in [0.5, 0.6) is 0 Å². The number of hydrogen-bond donors (Lipinski definition) is 2. The molecule has 0 aliphatic heterocycles. The molecule has 0 fully saturated rings. The molecule has 0 aromatic heterocycles. The highest BCUT2D eigenvalue weighted by molar-refractivity contribution is 7.80. The van der Waals surface area contributed by atoms with Gasteiger partial charge in [0, 0.05) is 10.7 Å². The largest absolute Gasteiger partial charge is 0.392 e. The van der Waals surface area contributed by atoms with Gasteiger partial charge in [-0.3, -0.25) is 9.69 Å². The summed E-state index contributed by atoms with van der Waals surface area (Å²) in [5.74, 6) is -0.136. The van der Waals surface area contributed by atoms with Crippen LogP contribution in [0.2, 0.25) is 5.02 Å². The van der Waals surface area contributed by atoms with E-state index < -0.39 is 0 Å². The Kier molecular flexibility index (Phi) is 5.53. The van der Waals surface area contributed by atoms with Gasteiger partial charge in [0.05, 0.1) is 17.6 Å². The molecular formula is C12H16ClN3OS. The molecule has 6 heteroatoms. The van der Waals surface area contributed by atoms with Crippen LogP contribution in [-0.4, -0.2) is 35.4 Å². The molecule has 1 atom stereocenters. The van der Waals surface area contributed by atoms with Crippen LogP contribution in [0.1, 0.15) is 6.92 Å². The molecule has 0 aliphatic carbocycles. The van der Waals surface area contributed by atoms with Crippen LogP contribution in [0.4, 0.5) is 5.69 Å². The molecule has 1 amide bonds. The molecule has 0 aliphatic rings. The van der Waals surface area contributed by atoms with Gasteiger partial charge in [-0.15, -0.1) is 0 Å². The number of hydrogen-bond acceptors (Lipinski definition) is 3. The van der Waals surface area contributed by atoms with Crippen LogP contribution in [0.15, 0.2) is 24.3 Å². The summed E-state index contributed by atoms with van der Waals surface area (Å²) in [7, 11) is 1.79. The Labute approximate surface area is 117 Å². The van der Waals surface area contributed by atoms with Crippen molar-refractivity contribution in [3.05, 3.63) is 29.3 Å². The predicted molar refractivity (Wildman–Crippen MR) is 79.0 cm³/mol. The molecule has 0 bridgehead atoms. The number of rotatable bonds is 5. The third-order valence-electron chi connectivity index (χ3n) is 2.57. The molecule has 1 rings (SSSR count). The third-order valence-corrected chi connectivity index (χ3v) is 3.15. The first kappa shape index (κ1) is 14.9. The maximum atomic E-state index is 11.8. The molecule has 0 saturated carbocycles. The number of nitrogens with zero attached hydrogens (tertiary/aromatic N) is 1. The smallest absolute Gasteiger partial charge is 0.238 e. The van der Waals surface area contributed by atoms with Gasteiger partial charge in [-0.2, -0.15) is 0 Å². The van der Waals surface area contributed by atoms with Crippen molar-refractivity contribution in [1.82, 2.24) is 4.90 Å². The Morgan fingerprint density at radius 1 is 1.61 bits per heavy atom. The summed E-state index contributed by atoms with van der Waals surface area (Å²) in [6.45, 7) is 2.07. The molecule has 1 aromatic carbocycles. The van der Waals surface area contributed by atoms with Gasteiger partial charge in [0.25, 0.3) is 0 Å². The number of likely N-dealkylation sites (N-methyl/N-ethyl adjacent to an activating group) is 1. The summed E-state index contributed by atoms with van der Waals surface area (Å²) in [5.41, 5.74) is 6.20. The second-order valence-electron chi connectivity index (χ2n) is 4.05. The minimum Gasteiger partial charge on any atom is -0.392 e. The van der Waals surface area contributed by atoms with Gasteiger partial charge in [0.2, 0.25) is 5.91 Å². The van der Waals surface area contributed by atoms with Crippen LogP contribution in [-0.2, 0) is 4.79 Å². The Morgan fingerprint density at radius 3 is 2.83 bits per heavy atom. The van der Waals surface area contributed by atoms with E-state index in [0.29, 0.717) is 15.7 Å². The van der Waals surface area contributed by atoms with E-state index in [4.69, 9.17) is 29.6 Å². The van der Waals surface area contributed by atoms with Gasteiger partial charge >= 0.3 is 0 Å². The molecule has 0 spiro atoms. The van der Waals surface area contributed by atoms with Crippen LogP contribution in [0.25, 0.3) is 0 Å². The summed E-state index contributed by atoms with van der Waals surface area (Å²) in [6.07, 6.45) is 0. The van der Waals surface area contributed by atoms with E-state index in [1.54, 1.807) is 36.2 Å². The second kappa shape index (κ2) is 6.68. The van der Waals surface area contributed by atoms with E-state index >= 15 is 0 Å². The highest BCUT2D eigenvalue weighted by atomic mass is 35.5. The van der Waals surface area contributed by atoms with Gasteiger partial charge in [-0.25, -0.2) is 0 Å². The molecule has 3 N–H and O–H groups in total. The topological polar surface area (TPSA) is 58.4 Å². The number of amides is 1. The zero-order chi connectivity index (χ0) is 13.7. The van der Waals surface area contributed by atoms with E-state index in [9.17, 15) is 4.79 Å². The van der Waals surface area contributed by atoms with Gasteiger partial charge in [0.15, 0.2) is 0 Å². The number of thiocarbonyl (C=S) groups is 1. The SMILES string of the molecule is CC(C(N)=S)N(C)CC(=O)Nc1cccc(Cl)c1. The Morgan fingerprint density at radius 2 is 2.28 bits per heavy atom. The monoisotopic (exact) mass is 285 g/mol. The van der Waals surface area contributed by atoms with Crippen LogP contribution < -0.4 is 11.1 Å². The number of halogens is 1. The predicted octanol–water partition coefficient (Wildman–Crippen LogP) is 1.88. The van der Waals surface area contributed by atoms with Crippen molar-refractivity contribution >= 4 is 40.4 Å². The van der Waals surface area contributed by atoms with Crippen molar-refractivity contribution in [2.75, 3.05) is 18.9 Å². The number of nitrogens with one attached hydrogen (secondary N) is 1. The fourth-order valence-electron chi connectivity index (χ4n) is 1.35. The first-order valence-corrected chi connectivity index (χ1v) is 6.23. The van der Waals surface area contributed by atoms with E-state index in [0.717, 1.165) is 0 Å². The highest BCUT2D eigenvalue weighted by Crippen LogP contribution is 2.14. The molecule has 0 heterocycles. The maximum absolute atomic E-state index is 11.8. The number of carbonyl (C=O) groups is 1. The van der Waals surface area contributed by atoms with Crippen molar-refractivity contribution in [2.24, 2.45) is 5.73 Å². The fourth-order valence-corrected chi connectivity index (χ4v) is 1.72. The van der Waals surface area contributed by atoms with Gasteiger partial charge in [0.1, 0.15) is 0 Å². The van der Waals surface area contributed by atoms with Crippen molar-refractivity contribution in [3.63, 3.8) is 0 Å². The Bertz CT molecular complexity index is 453. The zero-order valence-electron chi connectivity index (χ0n) is 10.3. The molecular weight excluding hydrogens is 270 g/mol. The van der Waals surface area contributed by atoms with Crippen molar-refractivity contribution in [3.8, 4) is 0 Å². The Balaban J connectivity index is 2.54. The molecule has 1 aromatic rings. The highest BCUT2D eigenvalue weighted by Gasteiger charge is 2.15. The van der Waals surface area contributed by atoms with Gasteiger partial charge in [-0.05, 0) is 32.2 Å². The first-order chi connectivity index (χ1) is 8.40. The third kappa shape index (κ3) is 4.60. The first-order valence-electron chi connectivity index (χ1n) is 5.45. The summed E-state index contributed by atoms with van der Waals surface area (Å²) < 4.78 is 0. The number of benzene rings is 1. The van der Waals surface area contributed by atoms with E-state index in [1.165, 1.54) is 0 Å².